The minimum atomic E-state index is -0.833. The molecular weight excluding hydrogens is 639 g/mol. The molecule has 1 aromatic heterocycles. The van der Waals surface area contributed by atoms with E-state index in [-0.39, 0.29) is 41.9 Å². The van der Waals surface area contributed by atoms with Gasteiger partial charge in [0.25, 0.3) is 0 Å². The van der Waals surface area contributed by atoms with Crippen molar-refractivity contribution in [2.75, 3.05) is 0 Å². The molecule has 2 atom stereocenters. The van der Waals surface area contributed by atoms with E-state index in [0.717, 1.165) is 12.0 Å². The molecule has 0 radical (unpaired) electrons. The maximum atomic E-state index is 11.4. The third kappa shape index (κ3) is 10.7. The highest BCUT2D eigenvalue weighted by atomic mass is 35.5. The van der Waals surface area contributed by atoms with Crippen molar-refractivity contribution in [1.29, 1.82) is 0 Å². The summed E-state index contributed by atoms with van der Waals surface area (Å²) in [5.41, 5.74) is 6.73. The molecule has 0 bridgehead atoms. The van der Waals surface area contributed by atoms with Crippen molar-refractivity contribution in [2.45, 2.75) is 84.3 Å². The first kappa shape index (κ1) is 36.3. The van der Waals surface area contributed by atoms with E-state index in [4.69, 9.17) is 53.2 Å². The monoisotopic (exact) mass is 676 g/mol. The van der Waals surface area contributed by atoms with Gasteiger partial charge in [-0.25, -0.2) is 0 Å². The third-order valence-electron chi connectivity index (χ3n) is 6.88. The first-order chi connectivity index (χ1) is 21.8. The van der Waals surface area contributed by atoms with Gasteiger partial charge in [-0.05, 0) is 76.9 Å². The lowest BCUT2D eigenvalue weighted by Gasteiger charge is -2.11. The molecule has 2 fully saturated rings. The van der Waals surface area contributed by atoms with Gasteiger partial charge in [0.05, 0.1) is 28.2 Å². The Morgan fingerprint density at radius 3 is 2.00 bits per heavy atom. The number of ketones is 2. The van der Waals surface area contributed by atoms with Gasteiger partial charge in [0.15, 0.2) is 5.84 Å². The summed E-state index contributed by atoms with van der Waals surface area (Å²) in [6.07, 6.45) is 3.21. The number of hydrogen-bond acceptors (Lipinski definition) is 10. The second-order valence-electron chi connectivity index (χ2n) is 11.4. The predicted molar refractivity (Wildman–Crippen MR) is 172 cm³/mol. The van der Waals surface area contributed by atoms with E-state index in [9.17, 15) is 14.4 Å². The van der Waals surface area contributed by atoms with Gasteiger partial charge in [0.1, 0.15) is 23.1 Å². The zero-order chi connectivity index (χ0) is 34.0. The van der Waals surface area contributed by atoms with Crippen molar-refractivity contribution in [3.63, 3.8) is 0 Å². The van der Waals surface area contributed by atoms with E-state index in [1.54, 1.807) is 30.3 Å². The standard InChI is InChI=1S/C16H17ClN2O3.C10H13ClN2O2.C6H8O3/c1-9(2)21-14-6-4-10(8-13(14)17)15-18-16(22-19-15)11-3-5-12(20)7-11;1-6(2)15-9-4-3-7(5-8(9)11)10(12)13-14;7-5-2-1-4(3-5)6(8)9/h4,6,8-9,11H,3,5,7H2,1-2H3;3-6,14H,1-2H3,(H2,12,13);4H,1-3H2,(H,8,9). The van der Waals surface area contributed by atoms with Crippen molar-refractivity contribution in [3.8, 4) is 22.9 Å². The molecule has 2 aliphatic rings. The van der Waals surface area contributed by atoms with Crippen LogP contribution in [0.5, 0.6) is 11.5 Å². The highest BCUT2D eigenvalue weighted by Gasteiger charge is 2.29. The Bertz CT molecular complexity index is 1560. The molecule has 2 aliphatic carbocycles. The second-order valence-corrected chi connectivity index (χ2v) is 12.2. The zero-order valence-corrected chi connectivity index (χ0v) is 27.5. The van der Waals surface area contributed by atoms with Gasteiger partial charge in [-0.3, -0.25) is 14.4 Å². The SMILES string of the molecule is CC(C)Oc1ccc(-c2noc(C3CCC(=O)C3)n2)cc1Cl.CC(C)Oc1ccc(/C(N)=N/O)cc1Cl.O=C1CCC(C(=O)O)C1. The molecule has 0 spiro atoms. The number of ether oxygens (including phenoxy) is 2. The summed E-state index contributed by atoms with van der Waals surface area (Å²) < 4.78 is 16.3. The van der Waals surface area contributed by atoms with Crippen LogP contribution in [0.1, 0.15) is 83.6 Å². The van der Waals surface area contributed by atoms with Crippen LogP contribution in [0.2, 0.25) is 10.0 Å². The summed E-state index contributed by atoms with van der Waals surface area (Å²) in [6, 6.07) is 10.4. The molecule has 2 aromatic carbocycles. The molecule has 2 unspecified atom stereocenters. The number of carbonyl (C=O) groups is 3. The van der Waals surface area contributed by atoms with Gasteiger partial charge >= 0.3 is 5.97 Å². The molecule has 2 saturated carbocycles. The molecule has 5 rings (SSSR count). The van der Waals surface area contributed by atoms with Crippen LogP contribution >= 0.6 is 23.2 Å². The fourth-order valence-corrected chi connectivity index (χ4v) is 5.08. The Kier molecular flexibility index (Phi) is 13.4. The number of carboxylic acids is 1. The summed E-state index contributed by atoms with van der Waals surface area (Å²) in [6.45, 7) is 7.71. The van der Waals surface area contributed by atoms with E-state index in [1.165, 1.54) is 0 Å². The summed E-state index contributed by atoms with van der Waals surface area (Å²) >= 11 is 12.2. The van der Waals surface area contributed by atoms with Gasteiger partial charge in [0, 0.05) is 42.7 Å². The lowest BCUT2D eigenvalue weighted by Crippen LogP contribution is -2.13. The molecule has 1 heterocycles. The molecule has 46 heavy (non-hydrogen) atoms. The van der Waals surface area contributed by atoms with Gasteiger partial charge in [-0.1, -0.05) is 33.5 Å². The number of carbonyl (C=O) groups excluding carboxylic acids is 2. The molecule has 248 valence electrons. The number of Topliss-reactive ketones (excluding diaryl/α,β-unsaturated/α-hetero) is 2. The van der Waals surface area contributed by atoms with Crippen LogP contribution in [0.15, 0.2) is 46.1 Å². The van der Waals surface area contributed by atoms with Gasteiger partial charge in [0.2, 0.25) is 11.7 Å². The van der Waals surface area contributed by atoms with Gasteiger partial charge < -0.3 is 30.0 Å². The average Bonchev–Trinajstić information content (AvgIpc) is 3.76. The molecular formula is C32H38Cl2N4O8. The maximum Gasteiger partial charge on any atom is 0.306 e. The van der Waals surface area contributed by atoms with E-state index in [1.807, 2.05) is 33.8 Å². The van der Waals surface area contributed by atoms with E-state index >= 15 is 0 Å². The smallest absolute Gasteiger partial charge is 0.306 e. The van der Waals surface area contributed by atoms with Gasteiger partial charge in [-0.15, -0.1) is 0 Å². The second kappa shape index (κ2) is 17.0. The average molecular weight is 678 g/mol. The lowest BCUT2D eigenvalue weighted by atomic mass is 10.1. The topological polar surface area (TPSA) is 187 Å². The van der Waals surface area contributed by atoms with Crippen LogP contribution in [0.4, 0.5) is 0 Å². The number of oxime groups is 1. The van der Waals surface area contributed by atoms with Crippen molar-refractivity contribution in [1.82, 2.24) is 10.1 Å². The fraction of sp³-hybridized carbons (Fsp3) is 0.438. The van der Waals surface area contributed by atoms with E-state index in [0.29, 0.717) is 64.5 Å². The number of carboxylic acid groups (broad SMARTS) is 1. The van der Waals surface area contributed by atoms with E-state index in [2.05, 4.69) is 15.3 Å². The normalized spacial score (nSPS) is 17.8. The highest BCUT2D eigenvalue weighted by Crippen LogP contribution is 2.34. The molecule has 3 aromatic rings. The summed E-state index contributed by atoms with van der Waals surface area (Å²) in [4.78, 5) is 36.4. The Balaban J connectivity index is 0.000000207. The largest absolute Gasteiger partial charge is 0.489 e. The number of nitrogens with zero attached hydrogens (tertiary/aromatic N) is 3. The number of rotatable bonds is 8. The van der Waals surface area contributed by atoms with Crippen molar-refractivity contribution in [2.24, 2.45) is 16.8 Å². The Morgan fingerprint density at radius 2 is 1.54 bits per heavy atom. The molecule has 4 N–H and O–H groups in total. The zero-order valence-electron chi connectivity index (χ0n) is 26.0. The van der Waals surface area contributed by atoms with Crippen LogP contribution < -0.4 is 15.2 Å². The lowest BCUT2D eigenvalue weighted by molar-refractivity contribution is -0.142. The summed E-state index contributed by atoms with van der Waals surface area (Å²) in [5, 5.41) is 24.7. The summed E-state index contributed by atoms with van der Waals surface area (Å²) in [5.74, 6) is 1.41. The van der Waals surface area contributed by atoms with Crippen LogP contribution in [-0.2, 0) is 14.4 Å². The predicted octanol–water partition coefficient (Wildman–Crippen LogP) is 6.68. The molecule has 0 saturated heterocycles. The fourth-order valence-electron chi connectivity index (χ4n) is 4.63. The van der Waals surface area contributed by atoms with Gasteiger partial charge in [-0.2, -0.15) is 4.98 Å². The number of aliphatic carboxylic acids is 1. The number of hydrogen-bond donors (Lipinski definition) is 3. The Hall–Kier alpha value is -4.16. The third-order valence-corrected chi connectivity index (χ3v) is 7.47. The molecule has 0 amide bonds. The quantitative estimate of drug-likeness (QED) is 0.0999. The number of halogens is 2. The minimum Gasteiger partial charge on any atom is -0.489 e. The van der Waals surface area contributed by atoms with Crippen LogP contribution in [-0.4, -0.2) is 56.0 Å². The number of aromatic nitrogens is 2. The summed E-state index contributed by atoms with van der Waals surface area (Å²) in [7, 11) is 0. The molecule has 14 heteroatoms. The van der Waals surface area contributed by atoms with Crippen molar-refractivity contribution < 1.29 is 38.7 Å². The van der Waals surface area contributed by atoms with Crippen molar-refractivity contribution in [3.05, 3.63) is 57.9 Å². The minimum absolute atomic E-state index is 0.0213. The number of nitrogens with two attached hydrogens (primary N) is 1. The molecule has 12 nitrogen and oxygen atoms in total. The van der Waals surface area contributed by atoms with Crippen LogP contribution in [0.3, 0.4) is 0 Å². The van der Waals surface area contributed by atoms with Crippen LogP contribution in [0.25, 0.3) is 11.4 Å². The highest BCUT2D eigenvalue weighted by molar-refractivity contribution is 6.32. The van der Waals surface area contributed by atoms with Crippen molar-refractivity contribution >= 4 is 46.6 Å². The molecule has 0 aliphatic heterocycles. The number of amidine groups is 1. The first-order valence-electron chi connectivity index (χ1n) is 14.8. The Morgan fingerprint density at radius 1 is 0.957 bits per heavy atom. The maximum absolute atomic E-state index is 11.4. The first-order valence-corrected chi connectivity index (χ1v) is 15.5. The number of benzene rings is 2. The van der Waals surface area contributed by atoms with E-state index < -0.39 is 11.9 Å². The van der Waals surface area contributed by atoms with Crippen LogP contribution in [0, 0.1) is 5.92 Å². The Labute approximate surface area is 276 Å².